The van der Waals surface area contributed by atoms with E-state index in [1.807, 2.05) is 49.4 Å². The summed E-state index contributed by atoms with van der Waals surface area (Å²) in [5, 5.41) is 0. The molecule has 5 nitrogen and oxygen atoms in total. The summed E-state index contributed by atoms with van der Waals surface area (Å²) >= 11 is 0. The van der Waals surface area contributed by atoms with Crippen LogP contribution in [0.25, 0.3) is 0 Å². The van der Waals surface area contributed by atoms with E-state index in [1.165, 1.54) is 0 Å². The Morgan fingerprint density at radius 2 is 1.86 bits per heavy atom. The third-order valence-corrected chi connectivity index (χ3v) is 7.28. The summed E-state index contributed by atoms with van der Waals surface area (Å²) in [6.07, 6.45) is 4.39. The van der Waals surface area contributed by atoms with Crippen LogP contribution in [0.4, 0.5) is 0 Å². The molecule has 1 saturated heterocycles. The van der Waals surface area contributed by atoms with Crippen molar-refractivity contribution in [3.63, 3.8) is 0 Å². The molecule has 146 valence electrons. The Hall–Kier alpha value is -2.44. The summed E-state index contributed by atoms with van der Waals surface area (Å²) in [6.45, 7) is 3.04. The van der Waals surface area contributed by atoms with Gasteiger partial charge in [0.15, 0.2) is 0 Å². The van der Waals surface area contributed by atoms with Crippen molar-refractivity contribution >= 4 is 15.9 Å². The van der Waals surface area contributed by atoms with E-state index in [0.29, 0.717) is 19.6 Å². The molecule has 0 bridgehead atoms. The average Bonchev–Trinajstić information content (AvgIpc) is 3.33. The van der Waals surface area contributed by atoms with Gasteiger partial charge in [-0.2, -0.15) is 0 Å². The van der Waals surface area contributed by atoms with Gasteiger partial charge in [-0.15, -0.1) is 0 Å². The lowest BCUT2D eigenvalue weighted by Gasteiger charge is -2.20. The van der Waals surface area contributed by atoms with E-state index in [9.17, 15) is 13.2 Å². The molecule has 1 aliphatic heterocycles. The van der Waals surface area contributed by atoms with Gasteiger partial charge in [-0.25, -0.2) is 12.7 Å². The maximum atomic E-state index is 12.9. The van der Waals surface area contributed by atoms with E-state index in [4.69, 9.17) is 4.74 Å². The van der Waals surface area contributed by atoms with Crippen molar-refractivity contribution in [2.45, 2.75) is 24.8 Å². The topological polar surface area (TPSA) is 63.7 Å². The molecular weight excluding hydrogens is 374 g/mol. The molecule has 1 aliphatic carbocycles. The van der Waals surface area contributed by atoms with Gasteiger partial charge in [0.2, 0.25) is 5.91 Å². The van der Waals surface area contributed by atoms with E-state index in [2.05, 4.69) is 0 Å². The molecule has 6 heteroatoms. The van der Waals surface area contributed by atoms with Crippen molar-refractivity contribution in [1.82, 2.24) is 4.31 Å². The van der Waals surface area contributed by atoms with Gasteiger partial charge in [-0.3, -0.25) is 4.79 Å². The largest absolute Gasteiger partial charge is 0.373 e. The number of nitrogens with zero attached hydrogens (tertiary/aromatic N) is 1. The fraction of sp³-hybridized carbons (Fsp3) is 0.318. The summed E-state index contributed by atoms with van der Waals surface area (Å²) in [4.78, 5) is 13.1. The van der Waals surface area contributed by atoms with E-state index >= 15 is 0 Å². The summed E-state index contributed by atoms with van der Waals surface area (Å²) < 4.78 is 32.4. The Morgan fingerprint density at radius 3 is 2.57 bits per heavy atom. The highest BCUT2D eigenvalue weighted by Crippen LogP contribution is 2.60. The first kappa shape index (κ1) is 18.9. The normalized spacial score (nSPS) is 24.0. The molecule has 2 atom stereocenters. The van der Waals surface area contributed by atoms with Gasteiger partial charge in [0.05, 0.1) is 23.5 Å². The number of hydrogen-bond acceptors (Lipinski definition) is 4. The summed E-state index contributed by atoms with van der Waals surface area (Å²) in [5.41, 5.74) is 1.39. The standard InChI is InChI=1S/C22H23NO4S/c1-17-8-10-20(11-9-17)28(25,26)23-15-19-14-22(19,21(23)24)12-5-13-27-16-18-6-3-2-4-7-18/h2-12,19H,13-16H2,1H3/b12-5+. The second-order valence-electron chi connectivity index (χ2n) is 7.50. The quantitative estimate of drug-likeness (QED) is 0.531. The van der Waals surface area contributed by atoms with Crippen LogP contribution < -0.4 is 0 Å². The Balaban J connectivity index is 1.39. The zero-order valence-corrected chi connectivity index (χ0v) is 16.6. The molecule has 0 radical (unpaired) electrons. The molecule has 2 aromatic rings. The average molecular weight is 397 g/mol. The molecule has 0 spiro atoms. The van der Waals surface area contributed by atoms with Crippen molar-refractivity contribution in [3.05, 3.63) is 77.9 Å². The molecule has 1 amide bonds. The molecular formula is C22H23NO4S. The van der Waals surface area contributed by atoms with Gasteiger partial charge in [-0.05, 0) is 37.0 Å². The maximum absolute atomic E-state index is 12.9. The first-order valence-corrected chi connectivity index (χ1v) is 10.8. The van der Waals surface area contributed by atoms with Crippen LogP contribution in [0.3, 0.4) is 0 Å². The number of amides is 1. The zero-order chi connectivity index (χ0) is 19.8. The Kier molecular flexibility index (Phi) is 4.85. The van der Waals surface area contributed by atoms with Crippen LogP contribution in [0.1, 0.15) is 17.5 Å². The Bertz CT molecular complexity index is 999. The van der Waals surface area contributed by atoms with Gasteiger partial charge in [0.1, 0.15) is 0 Å². The second kappa shape index (κ2) is 7.18. The predicted octanol–water partition coefficient (Wildman–Crippen LogP) is 3.31. The van der Waals surface area contributed by atoms with Crippen LogP contribution in [0.2, 0.25) is 0 Å². The molecule has 28 heavy (non-hydrogen) atoms. The van der Waals surface area contributed by atoms with E-state index in [-0.39, 0.29) is 23.3 Å². The summed E-state index contributed by atoms with van der Waals surface area (Å²) in [7, 11) is -3.80. The zero-order valence-electron chi connectivity index (χ0n) is 15.7. The Morgan fingerprint density at radius 1 is 1.14 bits per heavy atom. The number of hydrogen-bond donors (Lipinski definition) is 0. The van der Waals surface area contributed by atoms with Gasteiger partial charge in [-0.1, -0.05) is 60.2 Å². The molecule has 2 aromatic carbocycles. The number of aryl methyl sites for hydroxylation is 1. The van der Waals surface area contributed by atoms with Crippen LogP contribution >= 0.6 is 0 Å². The molecule has 2 fully saturated rings. The maximum Gasteiger partial charge on any atom is 0.266 e. The lowest BCUT2D eigenvalue weighted by Crippen LogP contribution is -2.36. The minimum atomic E-state index is -3.80. The van der Waals surface area contributed by atoms with Crippen molar-refractivity contribution in [2.75, 3.05) is 13.2 Å². The molecule has 0 N–H and O–H groups in total. The highest BCUT2D eigenvalue weighted by atomic mass is 32.2. The number of fused-ring (bicyclic) bond motifs is 1. The number of rotatable bonds is 7. The minimum Gasteiger partial charge on any atom is -0.373 e. The van der Waals surface area contributed by atoms with Gasteiger partial charge in [0.25, 0.3) is 10.0 Å². The van der Waals surface area contributed by atoms with Crippen LogP contribution in [-0.4, -0.2) is 31.8 Å². The smallest absolute Gasteiger partial charge is 0.266 e. The first-order chi connectivity index (χ1) is 13.4. The predicted molar refractivity (Wildman–Crippen MR) is 106 cm³/mol. The first-order valence-electron chi connectivity index (χ1n) is 9.37. The van der Waals surface area contributed by atoms with Crippen LogP contribution in [0, 0.1) is 18.3 Å². The van der Waals surface area contributed by atoms with E-state index in [1.54, 1.807) is 24.3 Å². The number of carbonyl (C=O) groups is 1. The molecule has 1 heterocycles. The molecule has 1 saturated carbocycles. The number of carbonyl (C=O) groups excluding carboxylic acids is 1. The van der Waals surface area contributed by atoms with Crippen molar-refractivity contribution in [2.24, 2.45) is 11.3 Å². The summed E-state index contributed by atoms with van der Waals surface area (Å²) in [6, 6.07) is 16.5. The van der Waals surface area contributed by atoms with Crippen molar-refractivity contribution < 1.29 is 17.9 Å². The van der Waals surface area contributed by atoms with Gasteiger partial charge in [0, 0.05) is 6.54 Å². The summed E-state index contributed by atoms with van der Waals surface area (Å²) in [5.74, 6) is -0.261. The lowest BCUT2D eigenvalue weighted by molar-refractivity contribution is -0.127. The fourth-order valence-corrected chi connectivity index (χ4v) is 5.25. The van der Waals surface area contributed by atoms with Crippen LogP contribution in [0.15, 0.2) is 71.6 Å². The third kappa shape index (κ3) is 3.38. The molecule has 4 rings (SSSR count). The van der Waals surface area contributed by atoms with Crippen LogP contribution in [0.5, 0.6) is 0 Å². The number of benzene rings is 2. The second-order valence-corrected chi connectivity index (χ2v) is 9.36. The van der Waals surface area contributed by atoms with Crippen LogP contribution in [-0.2, 0) is 26.2 Å². The fourth-order valence-electron chi connectivity index (χ4n) is 3.75. The monoisotopic (exact) mass is 397 g/mol. The molecule has 0 aromatic heterocycles. The third-order valence-electron chi connectivity index (χ3n) is 5.51. The van der Waals surface area contributed by atoms with E-state index in [0.717, 1.165) is 15.4 Å². The minimum absolute atomic E-state index is 0.0607. The number of sulfonamides is 1. The number of ether oxygens (including phenoxy) is 1. The van der Waals surface area contributed by atoms with Gasteiger partial charge >= 0.3 is 0 Å². The molecule has 2 aliphatic rings. The highest BCUT2D eigenvalue weighted by molar-refractivity contribution is 7.89. The van der Waals surface area contributed by atoms with E-state index < -0.39 is 15.4 Å². The van der Waals surface area contributed by atoms with Crippen molar-refractivity contribution in [1.29, 1.82) is 0 Å². The highest BCUT2D eigenvalue weighted by Gasteiger charge is 2.67. The Labute approximate surface area is 165 Å². The van der Waals surface area contributed by atoms with Gasteiger partial charge < -0.3 is 4.74 Å². The molecule has 2 unspecified atom stereocenters. The lowest BCUT2D eigenvalue weighted by atomic mass is 10.1. The SMILES string of the molecule is Cc1ccc(S(=O)(=O)N2CC3CC3(/C=C/COCc3ccccc3)C2=O)cc1. The number of piperidine rings is 1. The van der Waals surface area contributed by atoms with Crippen molar-refractivity contribution in [3.8, 4) is 0 Å².